The molecule has 27 heavy (non-hydrogen) atoms. The van der Waals surface area contributed by atoms with Gasteiger partial charge in [-0.15, -0.1) is 24.0 Å². The van der Waals surface area contributed by atoms with Crippen molar-refractivity contribution in [2.45, 2.75) is 32.2 Å². The molecule has 1 atom stereocenters. The zero-order chi connectivity index (χ0) is 18.4. The van der Waals surface area contributed by atoms with Crippen LogP contribution in [0.5, 0.6) is 0 Å². The summed E-state index contributed by atoms with van der Waals surface area (Å²) in [6, 6.07) is 3.87. The Hall–Kier alpha value is -1.29. The molecule has 0 bridgehead atoms. The van der Waals surface area contributed by atoms with Crippen molar-refractivity contribution >= 4 is 35.8 Å². The van der Waals surface area contributed by atoms with Crippen LogP contribution in [0, 0.1) is 0 Å². The van der Waals surface area contributed by atoms with Crippen molar-refractivity contribution in [1.29, 1.82) is 0 Å². The average molecular weight is 489 g/mol. The fraction of sp³-hybridized carbons (Fsp3) is 0.684. The van der Waals surface area contributed by atoms with Crippen molar-refractivity contribution in [2.24, 2.45) is 4.99 Å². The number of nitrogens with one attached hydrogen (secondary N) is 1. The maximum Gasteiger partial charge on any atom is 0.239 e. The van der Waals surface area contributed by atoms with Gasteiger partial charge < -0.3 is 19.5 Å². The van der Waals surface area contributed by atoms with Gasteiger partial charge in [0.1, 0.15) is 5.76 Å². The van der Waals surface area contributed by atoms with Crippen LogP contribution < -0.4 is 5.32 Å². The Morgan fingerprint density at radius 1 is 1.19 bits per heavy atom. The first-order valence-electron chi connectivity index (χ1n) is 9.70. The minimum Gasteiger partial charge on any atom is -0.469 e. The Morgan fingerprint density at radius 2 is 1.89 bits per heavy atom. The molecule has 0 saturated carbocycles. The highest BCUT2D eigenvalue weighted by atomic mass is 127. The molecule has 3 heterocycles. The van der Waals surface area contributed by atoms with Crippen molar-refractivity contribution in [3.8, 4) is 0 Å². The first-order chi connectivity index (χ1) is 12.7. The third kappa shape index (κ3) is 5.84. The lowest BCUT2D eigenvalue weighted by molar-refractivity contribution is -0.135. The highest BCUT2D eigenvalue weighted by Gasteiger charge is 2.30. The number of furan rings is 1. The molecule has 3 rings (SSSR count). The summed E-state index contributed by atoms with van der Waals surface area (Å²) in [6.07, 6.45) is 4.83. The molecule has 2 saturated heterocycles. The molecule has 0 aromatic carbocycles. The summed E-state index contributed by atoms with van der Waals surface area (Å²) in [6.45, 7) is 8.25. The lowest BCUT2D eigenvalue weighted by Crippen LogP contribution is -2.57. The van der Waals surface area contributed by atoms with Crippen LogP contribution in [0.25, 0.3) is 0 Å². The number of amides is 1. The normalized spacial score (nSPS) is 19.7. The van der Waals surface area contributed by atoms with Gasteiger partial charge in [0.15, 0.2) is 5.96 Å². The predicted octanol–water partition coefficient (Wildman–Crippen LogP) is 1.64. The minimum atomic E-state index is -0.0239. The molecular weight excluding hydrogens is 457 g/mol. The highest BCUT2D eigenvalue weighted by molar-refractivity contribution is 14.0. The van der Waals surface area contributed by atoms with Gasteiger partial charge in [-0.25, -0.2) is 0 Å². The van der Waals surface area contributed by atoms with E-state index >= 15 is 0 Å². The Labute approximate surface area is 179 Å². The molecule has 8 heteroatoms. The van der Waals surface area contributed by atoms with E-state index in [2.05, 4.69) is 20.1 Å². The van der Waals surface area contributed by atoms with Gasteiger partial charge >= 0.3 is 0 Å². The maximum atomic E-state index is 12.6. The molecule has 1 aromatic rings. The monoisotopic (exact) mass is 489 g/mol. The van der Waals surface area contributed by atoms with Gasteiger partial charge in [-0.2, -0.15) is 0 Å². The Bertz CT molecular complexity index is 593. The predicted molar refractivity (Wildman–Crippen MR) is 118 cm³/mol. The van der Waals surface area contributed by atoms with Gasteiger partial charge in [0.2, 0.25) is 5.91 Å². The van der Waals surface area contributed by atoms with E-state index in [1.807, 2.05) is 31.0 Å². The lowest BCUT2D eigenvalue weighted by atomic mass is 10.2. The van der Waals surface area contributed by atoms with E-state index in [4.69, 9.17) is 4.42 Å². The maximum absolute atomic E-state index is 12.6. The SMILES string of the molecule is CN=C(NCCc1ccco1)N1CCN(C(C)C(=O)N2CCCC2)CC1.I. The summed E-state index contributed by atoms with van der Waals surface area (Å²) in [4.78, 5) is 23.6. The molecule has 1 amide bonds. The van der Waals surface area contributed by atoms with Crippen LogP contribution in [0.15, 0.2) is 27.8 Å². The smallest absolute Gasteiger partial charge is 0.239 e. The number of carbonyl (C=O) groups is 1. The topological polar surface area (TPSA) is 64.3 Å². The number of piperazine rings is 1. The molecule has 0 aliphatic carbocycles. The fourth-order valence-electron chi connectivity index (χ4n) is 3.76. The van der Waals surface area contributed by atoms with Gasteiger partial charge in [0, 0.05) is 59.3 Å². The lowest BCUT2D eigenvalue weighted by Gasteiger charge is -2.39. The second kappa shape index (κ2) is 10.9. The minimum absolute atomic E-state index is 0. The van der Waals surface area contributed by atoms with Crippen molar-refractivity contribution in [3.63, 3.8) is 0 Å². The number of hydrogen-bond acceptors (Lipinski definition) is 4. The summed E-state index contributed by atoms with van der Waals surface area (Å²) in [5.74, 6) is 2.19. The van der Waals surface area contributed by atoms with E-state index in [0.29, 0.717) is 0 Å². The van der Waals surface area contributed by atoms with Gasteiger partial charge in [-0.1, -0.05) is 0 Å². The molecule has 1 N–H and O–H groups in total. The van der Waals surface area contributed by atoms with E-state index in [9.17, 15) is 4.79 Å². The van der Waals surface area contributed by atoms with Crippen LogP contribution >= 0.6 is 24.0 Å². The summed E-state index contributed by atoms with van der Waals surface area (Å²) < 4.78 is 5.36. The molecule has 152 valence electrons. The van der Waals surface area contributed by atoms with Crippen molar-refractivity contribution in [1.82, 2.24) is 20.0 Å². The van der Waals surface area contributed by atoms with Crippen molar-refractivity contribution < 1.29 is 9.21 Å². The number of nitrogens with zero attached hydrogens (tertiary/aromatic N) is 4. The molecule has 1 aromatic heterocycles. The van der Waals surface area contributed by atoms with Crippen molar-refractivity contribution in [3.05, 3.63) is 24.2 Å². The van der Waals surface area contributed by atoms with Gasteiger partial charge in [0.25, 0.3) is 0 Å². The second-order valence-electron chi connectivity index (χ2n) is 7.03. The van der Waals surface area contributed by atoms with Gasteiger partial charge in [-0.05, 0) is 31.9 Å². The third-order valence-corrected chi connectivity index (χ3v) is 5.38. The molecule has 0 radical (unpaired) electrons. The van der Waals surface area contributed by atoms with Crippen LogP contribution in [0.1, 0.15) is 25.5 Å². The fourth-order valence-corrected chi connectivity index (χ4v) is 3.76. The summed E-state index contributed by atoms with van der Waals surface area (Å²) in [5.41, 5.74) is 0. The van der Waals surface area contributed by atoms with E-state index in [0.717, 1.165) is 76.8 Å². The van der Waals surface area contributed by atoms with Crippen molar-refractivity contribution in [2.75, 3.05) is 52.9 Å². The van der Waals surface area contributed by atoms with E-state index in [1.54, 1.807) is 6.26 Å². The highest BCUT2D eigenvalue weighted by Crippen LogP contribution is 2.14. The molecule has 2 fully saturated rings. The van der Waals surface area contributed by atoms with Gasteiger partial charge in [0.05, 0.1) is 12.3 Å². The number of hydrogen-bond donors (Lipinski definition) is 1. The number of likely N-dealkylation sites (tertiary alicyclic amines) is 1. The zero-order valence-electron chi connectivity index (χ0n) is 16.4. The van der Waals surface area contributed by atoms with Crippen LogP contribution in [0.2, 0.25) is 0 Å². The zero-order valence-corrected chi connectivity index (χ0v) is 18.7. The van der Waals surface area contributed by atoms with E-state index < -0.39 is 0 Å². The number of rotatable bonds is 5. The third-order valence-electron chi connectivity index (χ3n) is 5.38. The largest absolute Gasteiger partial charge is 0.469 e. The molecule has 2 aliphatic heterocycles. The first kappa shape index (κ1) is 22.0. The molecular formula is C19H32IN5O2. The molecule has 2 aliphatic rings. The van der Waals surface area contributed by atoms with E-state index in [-0.39, 0.29) is 35.9 Å². The van der Waals surface area contributed by atoms with Crippen LogP contribution in [-0.4, -0.2) is 85.5 Å². The Morgan fingerprint density at radius 3 is 2.48 bits per heavy atom. The Balaban J connectivity index is 0.00000261. The standard InChI is InChI=1S/C19H31N5O2.HI/c1-16(18(25)23-9-3-4-10-23)22-11-13-24(14-12-22)19(20-2)21-8-7-17-6-5-15-26-17;/h5-6,15-16H,3-4,7-14H2,1-2H3,(H,20,21);1H. The van der Waals surface area contributed by atoms with E-state index in [1.165, 1.54) is 0 Å². The van der Waals surface area contributed by atoms with Crippen LogP contribution in [-0.2, 0) is 11.2 Å². The first-order valence-corrected chi connectivity index (χ1v) is 9.70. The summed E-state index contributed by atoms with van der Waals surface area (Å²) in [5, 5.41) is 3.41. The van der Waals surface area contributed by atoms with Crippen LogP contribution in [0.3, 0.4) is 0 Å². The average Bonchev–Trinajstić information content (AvgIpc) is 3.38. The molecule has 7 nitrogen and oxygen atoms in total. The quantitative estimate of drug-likeness (QED) is 0.387. The molecule has 1 unspecified atom stereocenters. The van der Waals surface area contributed by atoms with Gasteiger partial charge in [-0.3, -0.25) is 14.7 Å². The second-order valence-corrected chi connectivity index (χ2v) is 7.03. The summed E-state index contributed by atoms with van der Waals surface area (Å²) in [7, 11) is 1.82. The number of aliphatic imine (C=N–C) groups is 1. The number of halogens is 1. The summed E-state index contributed by atoms with van der Waals surface area (Å²) >= 11 is 0. The molecule has 0 spiro atoms. The number of guanidine groups is 1. The number of carbonyl (C=O) groups excluding carboxylic acids is 1. The van der Waals surface area contributed by atoms with Crippen LogP contribution in [0.4, 0.5) is 0 Å². The Kier molecular flexibility index (Phi) is 8.88.